The van der Waals surface area contributed by atoms with Gasteiger partial charge in [-0.1, -0.05) is 12.1 Å². The van der Waals surface area contributed by atoms with Gasteiger partial charge >= 0.3 is 0 Å². The van der Waals surface area contributed by atoms with Crippen molar-refractivity contribution in [2.45, 2.75) is 12.8 Å². The zero-order valence-electron chi connectivity index (χ0n) is 13.2. The van der Waals surface area contributed by atoms with E-state index < -0.39 is 0 Å². The molecule has 1 aliphatic heterocycles. The number of carbonyl (C=O) groups is 1. The normalized spacial score (nSPS) is 17.8. The maximum absolute atomic E-state index is 12.4. The van der Waals surface area contributed by atoms with Gasteiger partial charge in [0, 0.05) is 29.9 Å². The summed E-state index contributed by atoms with van der Waals surface area (Å²) in [4.78, 5) is 16.7. The van der Waals surface area contributed by atoms with E-state index in [2.05, 4.69) is 31.9 Å². The summed E-state index contributed by atoms with van der Waals surface area (Å²) in [5.74, 6) is 0.663. The molecule has 4 rings (SSSR count). The number of pyridine rings is 1. The minimum absolute atomic E-state index is 0.0218. The van der Waals surface area contributed by atoms with Gasteiger partial charge in [0.1, 0.15) is 5.82 Å². The molecule has 1 unspecified atom stereocenters. The van der Waals surface area contributed by atoms with Crippen LogP contribution in [0.2, 0.25) is 0 Å². The number of carbonyl (C=O) groups excluding carboxylic acids is 1. The number of hydrogen-bond donors (Lipinski definition) is 3. The lowest BCUT2D eigenvalue weighted by Crippen LogP contribution is -2.37. The minimum Gasteiger partial charge on any atom is -0.316 e. The molecule has 1 aromatic carbocycles. The first-order valence-electron chi connectivity index (χ1n) is 8.20. The summed E-state index contributed by atoms with van der Waals surface area (Å²) in [7, 11) is 0. The Morgan fingerprint density at radius 1 is 1.17 bits per heavy atom. The molecule has 0 saturated carbocycles. The topological polar surface area (TPSA) is 82.7 Å². The van der Waals surface area contributed by atoms with Gasteiger partial charge in [0.05, 0.1) is 12.1 Å². The van der Waals surface area contributed by atoms with Gasteiger partial charge in [0.25, 0.3) is 0 Å². The summed E-state index contributed by atoms with van der Waals surface area (Å²) in [6, 6.07) is 8.08. The number of hydrogen-bond acceptors (Lipinski definition) is 4. The summed E-state index contributed by atoms with van der Waals surface area (Å²) in [6.07, 6.45) is 7.42. The van der Waals surface area contributed by atoms with E-state index in [0.717, 1.165) is 47.8 Å². The molecular formula is C18H19N5O. The first kappa shape index (κ1) is 14.8. The third kappa shape index (κ3) is 3.00. The molecule has 122 valence electrons. The van der Waals surface area contributed by atoms with Gasteiger partial charge in [-0.25, -0.2) is 4.98 Å². The number of aromatic amines is 1. The lowest BCUT2D eigenvalue weighted by atomic mass is 9.99. The van der Waals surface area contributed by atoms with Crippen LogP contribution in [0.15, 0.2) is 42.9 Å². The van der Waals surface area contributed by atoms with Gasteiger partial charge in [-0.3, -0.25) is 9.89 Å². The number of fused-ring (bicyclic) bond motifs is 1. The van der Waals surface area contributed by atoms with Crippen LogP contribution in [0.5, 0.6) is 0 Å². The van der Waals surface area contributed by atoms with Crippen LogP contribution in [0.1, 0.15) is 12.8 Å². The van der Waals surface area contributed by atoms with Gasteiger partial charge < -0.3 is 10.6 Å². The Morgan fingerprint density at radius 3 is 2.92 bits per heavy atom. The van der Waals surface area contributed by atoms with E-state index in [1.807, 2.05) is 24.4 Å². The second-order valence-electron chi connectivity index (χ2n) is 6.15. The zero-order valence-corrected chi connectivity index (χ0v) is 13.2. The molecule has 1 saturated heterocycles. The zero-order chi connectivity index (χ0) is 16.4. The Balaban J connectivity index is 1.58. The van der Waals surface area contributed by atoms with Crippen LogP contribution in [-0.4, -0.2) is 34.2 Å². The van der Waals surface area contributed by atoms with Crippen molar-refractivity contribution in [2.75, 3.05) is 18.4 Å². The summed E-state index contributed by atoms with van der Waals surface area (Å²) in [6.45, 7) is 1.73. The molecule has 24 heavy (non-hydrogen) atoms. The van der Waals surface area contributed by atoms with Crippen molar-refractivity contribution in [2.24, 2.45) is 5.92 Å². The number of nitrogens with one attached hydrogen (secondary N) is 3. The quantitative estimate of drug-likeness (QED) is 0.692. The molecular weight excluding hydrogens is 302 g/mol. The lowest BCUT2D eigenvalue weighted by molar-refractivity contribution is -0.120. The maximum atomic E-state index is 12.4. The van der Waals surface area contributed by atoms with Crippen molar-refractivity contribution in [3.63, 3.8) is 0 Å². The minimum atomic E-state index is 0.0218. The number of H-pyrrole nitrogens is 1. The van der Waals surface area contributed by atoms with E-state index in [4.69, 9.17) is 0 Å². The molecule has 0 bridgehead atoms. The molecule has 3 aromatic rings. The van der Waals surface area contributed by atoms with Crippen LogP contribution in [0, 0.1) is 5.92 Å². The SMILES string of the molecule is O=C(Nc1cc2cc(-c3cn[nH]c3)ccc2cn1)C1CCCNC1. The van der Waals surface area contributed by atoms with Crippen LogP contribution in [-0.2, 0) is 4.79 Å². The average molecular weight is 321 g/mol. The van der Waals surface area contributed by atoms with Gasteiger partial charge in [-0.2, -0.15) is 5.10 Å². The molecule has 1 atom stereocenters. The fraction of sp³-hybridized carbons (Fsp3) is 0.278. The molecule has 1 amide bonds. The third-order valence-corrected chi connectivity index (χ3v) is 4.47. The van der Waals surface area contributed by atoms with Crippen LogP contribution in [0.4, 0.5) is 5.82 Å². The fourth-order valence-corrected chi connectivity index (χ4v) is 3.10. The van der Waals surface area contributed by atoms with Crippen LogP contribution >= 0.6 is 0 Å². The van der Waals surface area contributed by atoms with E-state index in [1.54, 1.807) is 12.4 Å². The van der Waals surface area contributed by atoms with Crippen molar-refractivity contribution in [3.8, 4) is 11.1 Å². The van der Waals surface area contributed by atoms with Crippen molar-refractivity contribution >= 4 is 22.5 Å². The Kier molecular flexibility index (Phi) is 3.96. The molecule has 0 spiro atoms. The van der Waals surface area contributed by atoms with Gasteiger partial charge in [-0.15, -0.1) is 0 Å². The van der Waals surface area contributed by atoms with E-state index in [1.165, 1.54) is 0 Å². The molecule has 1 aliphatic rings. The van der Waals surface area contributed by atoms with Crippen molar-refractivity contribution in [1.82, 2.24) is 20.5 Å². The third-order valence-electron chi connectivity index (χ3n) is 4.47. The standard InChI is InChI=1S/C18H19N5O/c24-18(14-2-1-5-19-8-14)23-17-7-15-6-12(16-10-21-22-11-16)3-4-13(15)9-20-17/h3-4,6-7,9-11,14,19H,1-2,5,8H2,(H,21,22)(H,20,23,24). The van der Waals surface area contributed by atoms with Crippen molar-refractivity contribution in [3.05, 3.63) is 42.9 Å². The number of nitrogens with zero attached hydrogens (tertiary/aromatic N) is 2. The highest BCUT2D eigenvalue weighted by molar-refractivity contribution is 5.95. The molecule has 1 fully saturated rings. The monoisotopic (exact) mass is 321 g/mol. The Bertz CT molecular complexity index is 853. The lowest BCUT2D eigenvalue weighted by Gasteiger charge is -2.21. The molecule has 6 heteroatoms. The summed E-state index contributed by atoms with van der Waals surface area (Å²) >= 11 is 0. The number of rotatable bonds is 3. The van der Waals surface area contributed by atoms with E-state index in [0.29, 0.717) is 5.82 Å². The molecule has 3 heterocycles. The maximum Gasteiger partial charge on any atom is 0.229 e. The van der Waals surface area contributed by atoms with E-state index >= 15 is 0 Å². The van der Waals surface area contributed by atoms with E-state index in [9.17, 15) is 4.79 Å². The van der Waals surface area contributed by atoms with Crippen molar-refractivity contribution < 1.29 is 4.79 Å². The summed E-state index contributed by atoms with van der Waals surface area (Å²) < 4.78 is 0. The number of amides is 1. The summed E-state index contributed by atoms with van der Waals surface area (Å²) in [5, 5.41) is 15.1. The molecule has 6 nitrogen and oxygen atoms in total. The first-order valence-corrected chi connectivity index (χ1v) is 8.20. The number of benzene rings is 1. The van der Waals surface area contributed by atoms with Gasteiger partial charge in [-0.05, 0) is 42.5 Å². The number of piperidine rings is 1. The molecule has 0 aliphatic carbocycles. The second kappa shape index (κ2) is 6.41. The Labute approximate surface area is 139 Å². The van der Waals surface area contributed by atoms with Crippen LogP contribution in [0.25, 0.3) is 21.9 Å². The highest BCUT2D eigenvalue weighted by atomic mass is 16.2. The fourth-order valence-electron chi connectivity index (χ4n) is 3.10. The van der Waals surface area contributed by atoms with Crippen LogP contribution < -0.4 is 10.6 Å². The number of anilines is 1. The second-order valence-corrected chi connectivity index (χ2v) is 6.15. The molecule has 2 aromatic heterocycles. The van der Waals surface area contributed by atoms with E-state index in [-0.39, 0.29) is 11.8 Å². The van der Waals surface area contributed by atoms with Crippen LogP contribution in [0.3, 0.4) is 0 Å². The average Bonchev–Trinajstić information content (AvgIpc) is 3.16. The molecule has 0 radical (unpaired) electrons. The largest absolute Gasteiger partial charge is 0.316 e. The predicted molar refractivity (Wildman–Crippen MR) is 93.5 cm³/mol. The number of aromatic nitrogens is 3. The summed E-state index contributed by atoms with van der Waals surface area (Å²) in [5.41, 5.74) is 2.11. The van der Waals surface area contributed by atoms with Gasteiger partial charge in [0.2, 0.25) is 5.91 Å². The Hall–Kier alpha value is -2.73. The first-order chi connectivity index (χ1) is 11.8. The highest BCUT2D eigenvalue weighted by Gasteiger charge is 2.21. The smallest absolute Gasteiger partial charge is 0.229 e. The highest BCUT2D eigenvalue weighted by Crippen LogP contribution is 2.25. The predicted octanol–water partition coefficient (Wildman–Crippen LogP) is 2.56. The van der Waals surface area contributed by atoms with Crippen molar-refractivity contribution in [1.29, 1.82) is 0 Å². The Morgan fingerprint density at radius 2 is 2.12 bits per heavy atom. The molecule has 3 N–H and O–H groups in total. The van der Waals surface area contributed by atoms with Gasteiger partial charge in [0.15, 0.2) is 0 Å².